The number of benzene rings is 3. The summed E-state index contributed by atoms with van der Waals surface area (Å²) in [6.07, 6.45) is 0. The van der Waals surface area contributed by atoms with Crippen LogP contribution in [-0.2, 0) is 6.54 Å². The van der Waals surface area contributed by atoms with Gasteiger partial charge < -0.3 is 14.8 Å². The van der Waals surface area contributed by atoms with Crippen molar-refractivity contribution < 1.29 is 4.79 Å². The maximum absolute atomic E-state index is 13.8. The van der Waals surface area contributed by atoms with E-state index in [1.54, 1.807) is 0 Å². The van der Waals surface area contributed by atoms with Gasteiger partial charge in [-0.2, -0.15) is 0 Å². The van der Waals surface area contributed by atoms with E-state index in [0.717, 1.165) is 35.2 Å². The van der Waals surface area contributed by atoms with Crippen molar-refractivity contribution in [1.29, 1.82) is 0 Å². The molecule has 0 bridgehead atoms. The van der Waals surface area contributed by atoms with Crippen molar-refractivity contribution in [2.24, 2.45) is 5.92 Å². The molecule has 0 spiro atoms. The first kappa shape index (κ1) is 26.5. The molecule has 0 unspecified atom stereocenters. The molecule has 0 aliphatic heterocycles. The maximum Gasteiger partial charge on any atom is 0.268 e. The Bertz CT molecular complexity index is 1190. The van der Waals surface area contributed by atoms with Crippen LogP contribution in [0.5, 0.6) is 0 Å². The molecule has 5 heteroatoms. The Balaban J connectivity index is 0.00000342. The molecule has 4 aromatic rings. The third-order valence-corrected chi connectivity index (χ3v) is 6.22. The third-order valence-electron chi connectivity index (χ3n) is 6.22. The van der Waals surface area contributed by atoms with Crippen LogP contribution in [0.2, 0.25) is 0 Å². The van der Waals surface area contributed by atoms with Gasteiger partial charge in [0.25, 0.3) is 5.91 Å². The molecule has 1 aromatic heterocycles. The second-order valence-corrected chi connectivity index (χ2v) is 9.59. The van der Waals surface area contributed by atoms with Gasteiger partial charge in [0.15, 0.2) is 0 Å². The standard InChI is InChI=1S/C30H35N3O.ClH/c1-22(2)21-31-30(34)29-28(25-17-11-12-18-26(25)33(29)20-19-32(3)4)27(23-13-7-5-8-14-23)24-15-9-6-10-16-24;/h5-18,22,27H,19-21H2,1-4H3,(H,31,34);1H. The number of rotatable bonds is 9. The fraction of sp³-hybridized carbons (Fsp3) is 0.300. The summed E-state index contributed by atoms with van der Waals surface area (Å²) in [6, 6.07) is 29.5. The van der Waals surface area contributed by atoms with Crippen LogP contribution < -0.4 is 5.32 Å². The first-order chi connectivity index (χ1) is 16.5. The summed E-state index contributed by atoms with van der Waals surface area (Å²) in [6.45, 7) is 6.49. The molecule has 0 atom stereocenters. The molecule has 0 saturated heterocycles. The Morgan fingerprint density at radius 1 is 0.857 bits per heavy atom. The summed E-state index contributed by atoms with van der Waals surface area (Å²) in [5.41, 5.74) is 5.31. The largest absolute Gasteiger partial charge is 0.350 e. The molecule has 0 fully saturated rings. The quantitative estimate of drug-likeness (QED) is 0.304. The van der Waals surface area contributed by atoms with Gasteiger partial charge in [0.1, 0.15) is 5.69 Å². The number of hydrogen-bond acceptors (Lipinski definition) is 2. The monoisotopic (exact) mass is 489 g/mol. The van der Waals surface area contributed by atoms with Crippen molar-refractivity contribution in [1.82, 2.24) is 14.8 Å². The van der Waals surface area contributed by atoms with Gasteiger partial charge in [-0.1, -0.05) is 92.7 Å². The number of para-hydroxylation sites is 1. The van der Waals surface area contributed by atoms with E-state index in [4.69, 9.17) is 0 Å². The van der Waals surface area contributed by atoms with E-state index in [1.165, 1.54) is 11.1 Å². The predicted molar refractivity (Wildman–Crippen MR) is 149 cm³/mol. The van der Waals surface area contributed by atoms with Crippen LogP contribution in [0.4, 0.5) is 0 Å². The van der Waals surface area contributed by atoms with Crippen LogP contribution in [0, 0.1) is 5.92 Å². The van der Waals surface area contributed by atoms with Crippen LogP contribution in [0.25, 0.3) is 10.9 Å². The number of carbonyl (C=O) groups excluding carboxylic acids is 1. The van der Waals surface area contributed by atoms with E-state index in [2.05, 4.69) is 116 Å². The first-order valence-corrected chi connectivity index (χ1v) is 12.1. The van der Waals surface area contributed by atoms with Crippen molar-refractivity contribution in [2.75, 3.05) is 27.2 Å². The minimum absolute atomic E-state index is 0. The maximum atomic E-state index is 13.8. The van der Waals surface area contributed by atoms with Crippen LogP contribution in [0.1, 0.15) is 46.9 Å². The summed E-state index contributed by atoms with van der Waals surface area (Å²) < 4.78 is 2.22. The molecule has 1 heterocycles. The zero-order chi connectivity index (χ0) is 24.1. The lowest BCUT2D eigenvalue weighted by Gasteiger charge is -2.21. The molecule has 1 amide bonds. The Hall–Kier alpha value is -3.08. The molecule has 0 radical (unpaired) electrons. The highest BCUT2D eigenvalue weighted by Gasteiger charge is 2.30. The highest BCUT2D eigenvalue weighted by molar-refractivity contribution is 6.02. The number of hydrogen-bond donors (Lipinski definition) is 1. The summed E-state index contributed by atoms with van der Waals surface area (Å²) in [5.74, 6) is 0.328. The predicted octanol–water partition coefficient (Wildman–Crippen LogP) is 6.19. The van der Waals surface area contributed by atoms with Gasteiger partial charge in [-0.15, -0.1) is 12.4 Å². The van der Waals surface area contributed by atoms with E-state index in [1.807, 2.05) is 12.1 Å². The Morgan fingerprint density at radius 3 is 1.94 bits per heavy atom. The zero-order valence-corrected chi connectivity index (χ0v) is 21.9. The summed E-state index contributed by atoms with van der Waals surface area (Å²) in [7, 11) is 4.14. The van der Waals surface area contributed by atoms with Crippen molar-refractivity contribution in [3.63, 3.8) is 0 Å². The number of likely N-dealkylation sites (N-methyl/N-ethyl adjacent to an activating group) is 1. The van der Waals surface area contributed by atoms with Crippen molar-refractivity contribution in [2.45, 2.75) is 26.3 Å². The lowest BCUT2D eigenvalue weighted by molar-refractivity contribution is 0.0938. The molecule has 4 nitrogen and oxygen atoms in total. The normalized spacial score (nSPS) is 11.3. The van der Waals surface area contributed by atoms with E-state index >= 15 is 0 Å². The molecule has 184 valence electrons. The Kier molecular flexibility index (Phi) is 9.13. The average molecular weight is 490 g/mol. The van der Waals surface area contributed by atoms with Crippen LogP contribution in [0.3, 0.4) is 0 Å². The van der Waals surface area contributed by atoms with Crippen molar-refractivity contribution in [3.05, 3.63) is 107 Å². The summed E-state index contributed by atoms with van der Waals surface area (Å²) in [5, 5.41) is 4.35. The second kappa shape index (κ2) is 12.1. The smallest absolute Gasteiger partial charge is 0.268 e. The molecule has 1 N–H and O–H groups in total. The number of nitrogens with zero attached hydrogens (tertiary/aromatic N) is 2. The Labute approximate surface area is 215 Å². The molecule has 4 rings (SSSR count). The number of nitrogens with one attached hydrogen (secondary N) is 1. The van der Waals surface area contributed by atoms with Gasteiger partial charge in [0.05, 0.1) is 0 Å². The molecule has 3 aromatic carbocycles. The zero-order valence-electron chi connectivity index (χ0n) is 21.1. The number of halogens is 1. The van der Waals surface area contributed by atoms with Crippen molar-refractivity contribution >= 4 is 29.2 Å². The fourth-order valence-electron chi connectivity index (χ4n) is 4.60. The molecule has 0 aliphatic carbocycles. The topological polar surface area (TPSA) is 37.3 Å². The molecular weight excluding hydrogens is 454 g/mol. The molecule has 35 heavy (non-hydrogen) atoms. The minimum atomic E-state index is -0.0484. The number of fused-ring (bicyclic) bond motifs is 1. The van der Waals surface area contributed by atoms with Gasteiger partial charge in [-0.25, -0.2) is 0 Å². The SMILES string of the molecule is CC(C)CNC(=O)c1c(C(c2ccccc2)c2ccccc2)c2ccccc2n1CCN(C)C.Cl. The lowest BCUT2D eigenvalue weighted by atomic mass is 9.83. The van der Waals surface area contributed by atoms with Gasteiger partial charge >= 0.3 is 0 Å². The van der Waals surface area contributed by atoms with Crippen LogP contribution in [-0.4, -0.2) is 42.6 Å². The lowest BCUT2D eigenvalue weighted by Crippen LogP contribution is -2.31. The number of aromatic nitrogens is 1. The van der Waals surface area contributed by atoms with Gasteiger partial charge in [-0.05, 0) is 37.2 Å². The fourth-order valence-corrected chi connectivity index (χ4v) is 4.60. The highest BCUT2D eigenvalue weighted by Crippen LogP contribution is 2.40. The van der Waals surface area contributed by atoms with Crippen LogP contribution in [0.15, 0.2) is 84.9 Å². The third kappa shape index (κ3) is 5.95. The average Bonchev–Trinajstić information content (AvgIpc) is 3.17. The highest BCUT2D eigenvalue weighted by atomic mass is 35.5. The van der Waals surface area contributed by atoms with Crippen LogP contribution >= 0.6 is 12.4 Å². The van der Waals surface area contributed by atoms with E-state index < -0.39 is 0 Å². The number of amides is 1. The first-order valence-electron chi connectivity index (χ1n) is 12.1. The van der Waals surface area contributed by atoms with E-state index in [-0.39, 0.29) is 24.2 Å². The summed E-state index contributed by atoms with van der Waals surface area (Å²) in [4.78, 5) is 16.0. The summed E-state index contributed by atoms with van der Waals surface area (Å²) >= 11 is 0. The van der Waals surface area contributed by atoms with Gasteiger partial charge in [0, 0.05) is 42.0 Å². The van der Waals surface area contributed by atoms with Gasteiger partial charge in [0.2, 0.25) is 0 Å². The van der Waals surface area contributed by atoms with E-state index in [9.17, 15) is 4.79 Å². The molecule has 0 aliphatic rings. The Morgan fingerprint density at radius 2 is 1.40 bits per heavy atom. The van der Waals surface area contributed by atoms with Crippen molar-refractivity contribution in [3.8, 4) is 0 Å². The minimum Gasteiger partial charge on any atom is -0.350 e. The van der Waals surface area contributed by atoms with E-state index in [0.29, 0.717) is 12.5 Å². The molecular formula is C30H36ClN3O. The number of carbonyl (C=O) groups is 1. The van der Waals surface area contributed by atoms with Gasteiger partial charge in [-0.3, -0.25) is 4.79 Å². The molecule has 0 saturated carbocycles. The second-order valence-electron chi connectivity index (χ2n) is 9.59.